The third-order valence-corrected chi connectivity index (χ3v) is 5.08. The third kappa shape index (κ3) is 2.41. The van der Waals surface area contributed by atoms with E-state index in [0.29, 0.717) is 11.5 Å². The smallest absolute Gasteiger partial charge is 0.259 e. The Morgan fingerprint density at radius 1 is 1.17 bits per heavy atom. The standard InChI is InChI=1S/C16H17N5OS/c1-9-7-21-14(22)6-10(2)17-16(21)19-15(9)20-5-4-12-13(8-20)23-11(3)18-12/h6-7H,4-5,8H2,1-3H3. The first kappa shape index (κ1) is 14.3. The van der Waals surface area contributed by atoms with Crippen LogP contribution in [0.3, 0.4) is 0 Å². The summed E-state index contributed by atoms with van der Waals surface area (Å²) in [4.78, 5) is 29.3. The second-order valence-corrected chi connectivity index (χ2v) is 7.22. The molecule has 0 radical (unpaired) electrons. The summed E-state index contributed by atoms with van der Waals surface area (Å²) in [6, 6.07) is 1.53. The van der Waals surface area contributed by atoms with E-state index in [1.54, 1.807) is 11.3 Å². The number of aryl methyl sites for hydroxylation is 3. The lowest BCUT2D eigenvalue weighted by atomic mass is 10.1. The number of thiazole rings is 1. The molecular weight excluding hydrogens is 310 g/mol. The van der Waals surface area contributed by atoms with Gasteiger partial charge in [-0.3, -0.25) is 9.20 Å². The van der Waals surface area contributed by atoms with Crippen molar-refractivity contribution in [3.05, 3.63) is 49.5 Å². The number of anilines is 1. The summed E-state index contributed by atoms with van der Waals surface area (Å²) < 4.78 is 1.51. The van der Waals surface area contributed by atoms with Crippen LogP contribution in [0.15, 0.2) is 17.1 Å². The number of hydrogen-bond donors (Lipinski definition) is 0. The first-order valence-corrected chi connectivity index (χ1v) is 8.41. The maximum absolute atomic E-state index is 12.1. The molecule has 23 heavy (non-hydrogen) atoms. The molecule has 0 saturated carbocycles. The summed E-state index contributed by atoms with van der Waals surface area (Å²) in [6.45, 7) is 7.56. The van der Waals surface area contributed by atoms with Gasteiger partial charge in [0.05, 0.1) is 17.2 Å². The van der Waals surface area contributed by atoms with E-state index in [1.807, 2.05) is 27.0 Å². The zero-order valence-electron chi connectivity index (χ0n) is 13.3. The maximum atomic E-state index is 12.1. The Morgan fingerprint density at radius 2 is 2.00 bits per heavy atom. The minimum Gasteiger partial charge on any atom is -0.351 e. The molecular formula is C16H17N5OS. The first-order chi connectivity index (χ1) is 11.0. The van der Waals surface area contributed by atoms with Crippen molar-refractivity contribution in [1.82, 2.24) is 19.4 Å². The lowest BCUT2D eigenvalue weighted by Crippen LogP contribution is -2.31. The topological polar surface area (TPSA) is 63.4 Å². The normalized spacial score (nSPS) is 14.3. The molecule has 0 aliphatic carbocycles. The van der Waals surface area contributed by atoms with Crippen LogP contribution in [-0.4, -0.2) is 25.9 Å². The van der Waals surface area contributed by atoms with E-state index in [9.17, 15) is 4.79 Å². The predicted octanol–water partition coefficient (Wildman–Crippen LogP) is 2.03. The minimum absolute atomic E-state index is 0.0892. The fraction of sp³-hybridized carbons (Fsp3) is 0.375. The van der Waals surface area contributed by atoms with Crippen molar-refractivity contribution in [2.24, 2.45) is 0 Å². The van der Waals surface area contributed by atoms with Gasteiger partial charge in [0.2, 0.25) is 5.78 Å². The van der Waals surface area contributed by atoms with Gasteiger partial charge in [-0.1, -0.05) is 0 Å². The van der Waals surface area contributed by atoms with Crippen molar-refractivity contribution < 1.29 is 0 Å². The molecule has 0 N–H and O–H groups in total. The highest BCUT2D eigenvalue weighted by molar-refractivity contribution is 7.11. The van der Waals surface area contributed by atoms with Crippen LogP contribution in [0.5, 0.6) is 0 Å². The number of rotatable bonds is 1. The van der Waals surface area contributed by atoms with Gasteiger partial charge in [-0.15, -0.1) is 11.3 Å². The van der Waals surface area contributed by atoms with Crippen LogP contribution in [0.4, 0.5) is 5.82 Å². The monoisotopic (exact) mass is 327 g/mol. The Labute approximate surface area is 137 Å². The van der Waals surface area contributed by atoms with Crippen molar-refractivity contribution in [3.8, 4) is 0 Å². The van der Waals surface area contributed by atoms with E-state index in [1.165, 1.54) is 21.0 Å². The molecule has 0 aromatic carbocycles. The van der Waals surface area contributed by atoms with Crippen LogP contribution in [0.1, 0.15) is 26.8 Å². The van der Waals surface area contributed by atoms with E-state index in [4.69, 9.17) is 0 Å². The zero-order chi connectivity index (χ0) is 16.1. The lowest BCUT2D eigenvalue weighted by Gasteiger charge is -2.28. The Balaban J connectivity index is 1.80. The van der Waals surface area contributed by atoms with Gasteiger partial charge in [-0.25, -0.2) is 9.97 Å². The molecule has 4 heterocycles. The third-order valence-electron chi connectivity index (χ3n) is 4.08. The molecule has 6 nitrogen and oxygen atoms in total. The van der Waals surface area contributed by atoms with Crippen LogP contribution in [-0.2, 0) is 13.0 Å². The summed E-state index contributed by atoms with van der Waals surface area (Å²) >= 11 is 1.75. The molecule has 1 aliphatic heterocycles. The van der Waals surface area contributed by atoms with Crippen LogP contribution in [0, 0.1) is 20.8 Å². The van der Waals surface area contributed by atoms with Crippen LogP contribution < -0.4 is 10.5 Å². The fourth-order valence-corrected chi connectivity index (χ4v) is 4.05. The highest BCUT2D eigenvalue weighted by atomic mass is 32.1. The van der Waals surface area contributed by atoms with Gasteiger partial charge < -0.3 is 4.90 Å². The van der Waals surface area contributed by atoms with Crippen molar-refractivity contribution in [3.63, 3.8) is 0 Å². The van der Waals surface area contributed by atoms with Crippen LogP contribution in [0.25, 0.3) is 5.78 Å². The van der Waals surface area contributed by atoms with Gasteiger partial charge in [0.15, 0.2) is 0 Å². The lowest BCUT2D eigenvalue weighted by molar-refractivity contribution is 0.713. The molecule has 118 valence electrons. The average Bonchev–Trinajstić information content (AvgIpc) is 2.86. The van der Waals surface area contributed by atoms with Crippen LogP contribution >= 0.6 is 11.3 Å². The molecule has 0 fully saturated rings. The highest BCUT2D eigenvalue weighted by Gasteiger charge is 2.22. The maximum Gasteiger partial charge on any atom is 0.259 e. The first-order valence-electron chi connectivity index (χ1n) is 7.59. The second kappa shape index (κ2) is 5.13. The van der Waals surface area contributed by atoms with Crippen LogP contribution in [0.2, 0.25) is 0 Å². The van der Waals surface area contributed by atoms with Gasteiger partial charge in [-0.2, -0.15) is 4.98 Å². The minimum atomic E-state index is -0.0892. The van der Waals surface area contributed by atoms with Gasteiger partial charge >= 0.3 is 0 Å². The summed E-state index contributed by atoms with van der Waals surface area (Å²) in [5.41, 5.74) is 2.80. The Hall–Kier alpha value is -2.28. The Kier molecular flexibility index (Phi) is 3.19. The second-order valence-electron chi connectivity index (χ2n) is 5.93. The van der Waals surface area contributed by atoms with Gasteiger partial charge in [0.1, 0.15) is 5.82 Å². The predicted molar refractivity (Wildman–Crippen MR) is 90.3 cm³/mol. The molecule has 0 atom stereocenters. The molecule has 7 heteroatoms. The van der Waals surface area contributed by atoms with Crippen molar-refractivity contribution in [2.75, 3.05) is 11.4 Å². The number of hydrogen-bond acceptors (Lipinski definition) is 6. The summed E-state index contributed by atoms with van der Waals surface area (Å²) in [5, 5.41) is 1.11. The summed E-state index contributed by atoms with van der Waals surface area (Å²) in [6.07, 6.45) is 2.76. The van der Waals surface area contributed by atoms with Gasteiger partial charge in [0.25, 0.3) is 5.56 Å². The fourth-order valence-electron chi connectivity index (χ4n) is 3.05. The number of nitrogens with zero attached hydrogens (tertiary/aromatic N) is 5. The highest BCUT2D eigenvalue weighted by Crippen LogP contribution is 2.28. The summed E-state index contributed by atoms with van der Waals surface area (Å²) in [5.74, 6) is 1.36. The zero-order valence-corrected chi connectivity index (χ0v) is 14.1. The van der Waals surface area contributed by atoms with E-state index < -0.39 is 0 Å². The number of fused-ring (bicyclic) bond motifs is 2. The summed E-state index contributed by atoms with van der Waals surface area (Å²) in [7, 11) is 0. The molecule has 3 aromatic heterocycles. The number of aromatic nitrogens is 4. The molecule has 0 spiro atoms. The van der Waals surface area contributed by atoms with E-state index in [-0.39, 0.29) is 5.56 Å². The van der Waals surface area contributed by atoms with Gasteiger partial charge in [0, 0.05) is 41.4 Å². The van der Waals surface area contributed by atoms with Gasteiger partial charge in [-0.05, 0) is 20.8 Å². The molecule has 0 saturated heterocycles. The quantitative estimate of drug-likeness (QED) is 0.684. The largest absolute Gasteiger partial charge is 0.351 e. The van der Waals surface area contributed by atoms with E-state index in [2.05, 4.69) is 19.9 Å². The van der Waals surface area contributed by atoms with Crippen molar-refractivity contribution in [2.45, 2.75) is 33.7 Å². The Bertz CT molecular complexity index is 974. The van der Waals surface area contributed by atoms with Crippen molar-refractivity contribution >= 4 is 22.9 Å². The molecule has 4 rings (SSSR count). The van der Waals surface area contributed by atoms with E-state index in [0.717, 1.165) is 35.9 Å². The molecule has 3 aromatic rings. The molecule has 1 aliphatic rings. The average molecular weight is 327 g/mol. The van der Waals surface area contributed by atoms with E-state index >= 15 is 0 Å². The SMILES string of the molecule is Cc1cc(=O)n2cc(C)c(N3CCc4nc(C)sc4C3)nc2n1. The Morgan fingerprint density at radius 3 is 2.83 bits per heavy atom. The molecule has 0 bridgehead atoms. The van der Waals surface area contributed by atoms with Crippen molar-refractivity contribution in [1.29, 1.82) is 0 Å². The molecule has 0 unspecified atom stereocenters. The molecule has 0 amide bonds.